The molecule has 0 radical (unpaired) electrons. The molecule has 0 aliphatic heterocycles. The van der Waals surface area contributed by atoms with Crippen LogP contribution in [0.3, 0.4) is 0 Å². The van der Waals surface area contributed by atoms with Crippen LogP contribution >= 0.6 is 0 Å². The van der Waals surface area contributed by atoms with Crippen molar-refractivity contribution >= 4 is 0 Å². The summed E-state index contributed by atoms with van der Waals surface area (Å²) in [7, 11) is 0. The van der Waals surface area contributed by atoms with Gasteiger partial charge in [0.05, 0.1) is 0 Å². The molecule has 1 nitrogen and oxygen atoms in total. The van der Waals surface area contributed by atoms with Crippen LogP contribution in [0.15, 0.2) is 42.7 Å². The van der Waals surface area contributed by atoms with Gasteiger partial charge in [-0.05, 0) is 36.5 Å². The fraction of sp³-hybridized carbons (Fsp3) is 0.308. The second-order valence-electron chi connectivity index (χ2n) is 3.78. The molecular weight excluding hydrogens is 172 g/mol. The Kier molecular flexibility index (Phi) is 2.28. The van der Waals surface area contributed by atoms with Crippen LogP contribution in [0.5, 0.6) is 0 Å². The van der Waals surface area contributed by atoms with E-state index in [1.807, 2.05) is 18.2 Å². The minimum Gasteiger partial charge on any atom is -0.380 e. The van der Waals surface area contributed by atoms with Gasteiger partial charge in [0.15, 0.2) is 0 Å². The minimum absolute atomic E-state index is 0.770. The van der Waals surface area contributed by atoms with Crippen molar-refractivity contribution in [2.75, 3.05) is 0 Å². The van der Waals surface area contributed by atoms with E-state index in [2.05, 4.69) is 18.4 Å². The molecule has 1 aromatic carbocycles. The maximum absolute atomic E-state index is 10.4. The molecule has 0 aromatic heterocycles. The van der Waals surface area contributed by atoms with Gasteiger partial charge in [0.2, 0.25) is 0 Å². The maximum Gasteiger partial charge on any atom is 0.115 e. The topological polar surface area (TPSA) is 20.2 Å². The van der Waals surface area contributed by atoms with Crippen LogP contribution < -0.4 is 0 Å². The Bertz CT molecular complexity index is 388. The van der Waals surface area contributed by atoms with Gasteiger partial charge in [-0.2, -0.15) is 0 Å². The molecule has 1 atom stereocenters. The number of fused-ring (bicyclic) bond motifs is 1. The lowest BCUT2D eigenvalue weighted by molar-refractivity contribution is 0.0702. The smallest absolute Gasteiger partial charge is 0.115 e. The summed E-state index contributed by atoms with van der Waals surface area (Å²) in [6.07, 6.45) is 4.52. The lowest BCUT2D eigenvalue weighted by Gasteiger charge is -2.31. The first kappa shape index (κ1) is 9.26. The first-order chi connectivity index (χ1) is 6.76. The second-order valence-corrected chi connectivity index (χ2v) is 3.78. The molecule has 1 aromatic rings. The molecule has 0 spiro atoms. The Morgan fingerprint density at radius 3 is 3.00 bits per heavy atom. The number of benzene rings is 1. The average Bonchev–Trinajstić information content (AvgIpc) is 2.19. The zero-order valence-corrected chi connectivity index (χ0v) is 8.16. The van der Waals surface area contributed by atoms with Crippen molar-refractivity contribution in [1.82, 2.24) is 0 Å². The van der Waals surface area contributed by atoms with E-state index in [1.165, 1.54) is 5.56 Å². The monoisotopic (exact) mass is 186 g/mol. The molecule has 0 saturated carbocycles. The Labute approximate surface area is 84.4 Å². The molecule has 0 heterocycles. The Balaban J connectivity index is 2.54. The van der Waals surface area contributed by atoms with Gasteiger partial charge in [-0.1, -0.05) is 30.8 Å². The van der Waals surface area contributed by atoms with Crippen molar-refractivity contribution in [2.45, 2.75) is 24.9 Å². The summed E-state index contributed by atoms with van der Waals surface area (Å²) in [5.41, 5.74) is 4.12. The standard InChI is InChI=1S/C13H14O/c1-2-9-13(14)10-5-7-11-6-3-4-8-12(11)13/h3-4,6,8-9,14H,1,5,7,10H2. The van der Waals surface area contributed by atoms with Gasteiger partial charge in [0, 0.05) is 0 Å². The summed E-state index contributed by atoms with van der Waals surface area (Å²) < 4.78 is 0. The Morgan fingerprint density at radius 1 is 1.43 bits per heavy atom. The summed E-state index contributed by atoms with van der Waals surface area (Å²) in [5, 5.41) is 10.4. The normalized spacial score (nSPS) is 24.9. The SMILES string of the molecule is C=C=CC1(O)CCCc2ccccc21. The van der Waals surface area contributed by atoms with Crippen LogP contribution in [0.25, 0.3) is 0 Å². The fourth-order valence-corrected chi connectivity index (χ4v) is 2.16. The van der Waals surface area contributed by atoms with E-state index >= 15 is 0 Å². The predicted octanol–water partition coefficient (Wildman–Crippen LogP) is 2.55. The lowest BCUT2D eigenvalue weighted by Crippen LogP contribution is -2.27. The molecule has 0 saturated heterocycles. The Morgan fingerprint density at radius 2 is 2.21 bits per heavy atom. The van der Waals surface area contributed by atoms with Gasteiger partial charge >= 0.3 is 0 Å². The number of hydrogen-bond acceptors (Lipinski definition) is 1. The second kappa shape index (κ2) is 3.45. The summed E-state index contributed by atoms with van der Waals surface area (Å²) in [5.74, 6) is 0. The van der Waals surface area contributed by atoms with E-state index in [1.54, 1.807) is 6.08 Å². The molecule has 1 aliphatic carbocycles. The van der Waals surface area contributed by atoms with Crippen molar-refractivity contribution in [3.05, 3.63) is 53.8 Å². The van der Waals surface area contributed by atoms with Crippen molar-refractivity contribution in [3.8, 4) is 0 Å². The van der Waals surface area contributed by atoms with Gasteiger partial charge < -0.3 is 5.11 Å². The largest absolute Gasteiger partial charge is 0.380 e. The molecule has 14 heavy (non-hydrogen) atoms. The minimum atomic E-state index is -0.837. The number of hydrogen-bond donors (Lipinski definition) is 1. The highest BCUT2D eigenvalue weighted by Crippen LogP contribution is 2.35. The van der Waals surface area contributed by atoms with Crippen molar-refractivity contribution in [3.63, 3.8) is 0 Å². The molecular formula is C13H14O. The van der Waals surface area contributed by atoms with E-state index in [0.29, 0.717) is 0 Å². The molecule has 1 unspecified atom stereocenters. The number of rotatable bonds is 1. The number of aryl methyl sites for hydroxylation is 1. The molecule has 1 aliphatic rings. The van der Waals surface area contributed by atoms with Crippen molar-refractivity contribution < 1.29 is 5.11 Å². The summed E-state index contributed by atoms with van der Waals surface area (Å²) in [4.78, 5) is 0. The van der Waals surface area contributed by atoms with Crippen LogP contribution in [0.2, 0.25) is 0 Å². The van der Waals surface area contributed by atoms with E-state index in [9.17, 15) is 5.11 Å². The van der Waals surface area contributed by atoms with Gasteiger partial charge in [0.25, 0.3) is 0 Å². The number of aliphatic hydroxyl groups is 1. The predicted molar refractivity (Wildman–Crippen MR) is 57.0 cm³/mol. The van der Waals surface area contributed by atoms with E-state index in [0.717, 1.165) is 24.8 Å². The molecule has 0 fully saturated rings. The summed E-state index contributed by atoms with van der Waals surface area (Å²) in [6, 6.07) is 8.05. The fourth-order valence-electron chi connectivity index (χ4n) is 2.16. The lowest BCUT2D eigenvalue weighted by atomic mass is 9.79. The van der Waals surface area contributed by atoms with E-state index in [4.69, 9.17) is 0 Å². The van der Waals surface area contributed by atoms with E-state index < -0.39 is 5.60 Å². The van der Waals surface area contributed by atoms with Crippen LogP contribution in [0, 0.1) is 0 Å². The van der Waals surface area contributed by atoms with Gasteiger partial charge in [-0.15, -0.1) is 5.73 Å². The summed E-state index contributed by atoms with van der Waals surface area (Å²) in [6.45, 7) is 3.53. The molecule has 0 bridgehead atoms. The van der Waals surface area contributed by atoms with Gasteiger partial charge in [0.1, 0.15) is 5.60 Å². The first-order valence-corrected chi connectivity index (χ1v) is 4.94. The molecule has 72 valence electrons. The summed E-state index contributed by atoms with van der Waals surface area (Å²) >= 11 is 0. The zero-order chi connectivity index (χ0) is 10.0. The highest BCUT2D eigenvalue weighted by Gasteiger charge is 2.31. The molecule has 2 rings (SSSR count). The third-order valence-electron chi connectivity index (χ3n) is 2.83. The van der Waals surface area contributed by atoms with Crippen LogP contribution in [-0.4, -0.2) is 5.11 Å². The van der Waals surface area contributed by atoms with Crippen LogP contribution in [-0.2, 0) is 12.0 Å². The first-order valence-electron chi connectivity index (χ1n) is 4.94. The highest BCUT2D eigenvalue weighted by molar-refractivity contribution is 5.37. The van der Waals surface area contributed by atoms with Crippen LogP contribution in [0.1, 0.15) is 24.0 Å². The average molecular weight is 186 g/mol. The zero-order valence-electron chi connectivity index (χ0n) is 8.16. The van der Waals surface area contributed by atoms with Gasteiger partial charge in [-0.3, -0.25) is 0 Å². The molecule has 1 heteroatoms. The van der Waals surface area contributed by atoms with E-state index in [-0.39, 0.29) is 0 Å². The Hall–Kier alpha value is -1.30. The highest BCUT2D eigenvalue weighted by atomic mass is 16.3. The maximum atomic E-state index is 10.4. The van der Waals surface area contributed by atoms with Crippen molar-refractivity contribution in [1.29, 1.82) is 0 Å². The third-order valence-corrected chi connectivity index (χ3v) is 2.83. The van der Waals surface area contributed by atoms with Crippen molar-refractivity contribution in [2.24, 2.45) is 0 Å². The van der Waals surface area contributed by atoms with Gasteiger partial charge in [-0.25, -0.2) is 0 Å². The third kappa shape index (κ3) is 1.41. The molecule has 0 amide bonds. The molecule has 1 N–H and O–H groups in total. The quantitative estimate of drug-likeness (QED) is 0.668. The van der Waals surface area contributed by atoms with Crippen LogP contribution in [0.4, 0.5) is 0 Å².